The molecule has 0 saturated carbocycles. The Hall–Kier alpha value is -2.51. The minimum Gasteiger partial charge on any atom is -0.437 e. The second-order valence-electron chi connectivity index (χ2n) is 4.12. The number of rotatable bonds is 4. The number of aromatic nitrogens is 3. The zero-order chi connectivity index (χ0) is 15.4. The summed E-state index contributed by atoms with van der Waals surface area (Å²) in [4.78, 5) is 16.3. The van der Waals surface area contributed by atoms with E-state index >= 15 is 0 Å². The maximum atomic E-state index is 12.1. The molecule has 0 radical (unpaired) electrons. The maximum Gasteiger partial charge on any atom is 0.268 e. The molecule has 0 fully saturated rings. The molecule has 22 heavy (non-hydrogen) atoms. The molecule has 1 amide bonds. The number of thiazole rings is 1. The summed E-state index contributed by atoms with van der Waals surface area (Å²) in [7, 11) is 0. The van der Waals surface area contributed by atoms with Crippen LogP contribution in [-0.4, -0.2) is 21.1 Å². The van der Waals surface area contributed by atoms with Crippen LogP contribution in [0.3, 0.4) is 0 Å². The Kier molecular flexibility index (Phi) is 4.27. The van der Waals surface area contributed by atoms with Crippen molar-refractivity contribution in [2.24, 2.45) is 0 Å². The highest BCUT2D eigenvalue weighted by atomic mass is 35.5. The van der Waals surface area contributed by atoms with E-state index in [4.69, 9.17) is 16.3 Å². The number of nitrogens with zero attached hydrogens (tertiary/aromatic N) is 3. The Morgan fingerprint density at radius 3 is 2.91 bits per heavy atom. The van der Waals surface area contributed by atoms with Crippen molar-refractivity contribution in [2.75, 3.05) is 5.32 Å². The third-order valence-corrected chi connectivity index (χ3v) is 3.82. The zero-order valence-electron chi connectivity index (χ0n) is 11.1. The van der Waals surface area contributed by atoms with Gasteiger partial charge in [0, 0.05) is 24.0 Å². The van der Waals surface area contributed by atoms with E-state index in [1.807, 2.05) is 0 Å². The van der Waals surface area contributed by atoms with Gasteiger partial charge in [-0.25, -0.2) is 4.98 Å². The number of carbonyl (C=O) groups is 1. The lowest BCUT2D eigenvalue weighted by atomic mass is 10.3. The summed E-state index contributed by atoms with van der Waals surface area (Å²) < 4.78 is 5.55. The molecule has 2 aromatic heterocycles. The topological polar surface area (TPSA) is 77.0 Å². The Morgan fingerprint density at radius 1 is 1.27 bits per heavy atom. The molecule has 1 N–H and O–H groups in total. The number of anilines is 1. The molecule has 8 heteroatoms. The lowest BCUT2D eigenvalue weighted by Crippen LogP contribution is -2.10. The minimum atomic E-state index is -0.316. The van der Waals surface area contributed by atoms with Gasteiger partial charge in [0.1, 0.15) is 10.6 Å². The van der Waals surface area contributed by atoms with E-state index in [-0.39, 0.29) is 11.1 Å². The summed E-state index contributed by atoms with van der Waals surface area (Å²) in [6.07, 6.45) is 1.56. The second kappa shape index (κ2) is 6.50. The number of hydrogen-bond donors (Lipinski definition) is 1. The first-order valence-electron chi connectivity index (χ1n) is 6.18. The Balaban J connectivity index is 1.74. The molecule has 0 spiro atoms. The summed E-state index contributed by atoms with van der Waals surface area (Å²) in [5.74, 6) is 0.592. The van der Waals surface area contributed by atoms with Crippen molar-refractivity contribution in [3.63, 3.8) is 0 Å². The predicted molar refractivity (Wildman–Crippen MR) is 83.6 cm³/mol. The van der Waals surface area contributed by atoms with Gasteiger partial charge in [0.05, 0.1) is 5.51 Å². The fourth-order valence-corrected chi connectivity index (χ4v) is 2.57. The van der Waals surface area contributed by atoms with Crippen LogP contribution >= 0.6 is 22.9 Å². The fourth-order valence-electron chi connectivity index (χ4n) is 1.67. The largest absolute Gasteiger partial charge is 0.437 e. The molecule has 0 aliphatic carbocycles. The van der Waals surface area contributed by atoms with Gasteiger partial charge in [-0.15, -0.1) is 16.4 Å². The smallest absolute Gasteiger partial charge is 0.268 e. The molecular formula is C14H9ClN4O2S. The lowest BCUT2D eigenvalue weighted by molar-refractivity contribution is 0.103. The molecule has 110 valence electrons. The van der Waals surface area contributed by atoms with Crippen LogP contribution in [0.15, 0.2) is 48.1 Å². The average Bonchev–Trinajstić information content (AvgIpc) is 2.95. The first-order valence-corrected chi connectivity index (χ1v) is 7.44. The van der Waals surface area contributed by atoms with Crippen molar-refractivity contribution in [3.8, 4) is 11.6 Å². The summed E-state index contributed by atoms with van der Waals surface area (Å²) in [5, 5.41) is 10.5. The second-order valence-corrected chi connectivity index (χ2v) is 5.33. The highest BCUT2D eigenvalue weighted by molar-refractivity contribution is 7.12. The third kappa shape index (κ3) is 3.38. The number of halogens is 1. The average molecular weight is 333 g/mol. The van der Waals surface area contributed by atoms with Crippen LogP contribution in [0.4, 0.5) is 5.69 Å². The number of benzene rings is 1. The molecule has 6 nitrogen and oxygen atoms in total. The highest BCUT2D eigenvalue weighted by Gasteiger charge is 2.13. The third-order valence-electron chi connectivity index (χ3n) is 2.59. The molecule has 0 saturated heterocycles. The first kappa shape index (κ1) is 14.4. The first-order chi connectivity index (χ1) is 10.7. The summed E-state index contributed by atoms with van der Waals surface area (Å²) in [6, 6.07) is 10.4. The van der Waals surface area contributed by atoms with Crippen molar-refractivity contribution in [2.45, 2.75) is 0 Å². The zero-order valence-corrected chi connectivity index (χ0v) is 12.6. The predicted octanol–water partition coefficient (Wildman–Crippen LogP) is 3.63. The van der Waals surface area contributed by atoms with Gasteiger partial charge < -0.3 is 10.1 Å². The highest BCUT2D eigenvalue weighted by Crippen LogP contribution is 2.24. The molecule has 0 aliphatic heterocycles. The van der Waals surface area contributed by atoms with Crippen LogP contribution in [0, 0.1) is 0 Å². The molecule has 0 atom stereocenters. The quantitative estimate of drug-likeness (QED) is 0.789. The van der Waals surface area contributed by atoms with Gasteiger partial charge in [0.2, 0.25) is 5.88 Å². The fraction of sp³-hybridized carbons (Fsp3) is 0. The molecule has 0 bridgehead atoms. The number of carbonyl (C=O) groups excluding carboxylic acids is 1. The van der Waals surface area contributed by atoms with Crippen molar-refractivity contribution < 1.29 is 9.53 Å². The Morgan fingerprint density at radius 2 is 2.18 bits per heavy atom. The van der Waals surface area contributed by atoms with E-state index < -0.39 is 0 Å². The number of amides is 1. The van der Waals surface area contributed by atoms with Crippen LogP contribution in [0.25, 0.3) is 0 Å². The Labute approximate surface area is 134 Å². The molecule has 3 aromatic rings. The Bertz CT molecular complexity index is 794. The number of nitrogens with one attached hydrogen (secondary N) is 1. The van der Waals surface area contributed by atoms with Gasteiger partial charge in [-0.2, -0.15) is 5.10 Å². The molecule has 0 unspecified atom stereocenters. The van der Waals surface area contributed by atoms with Crippen LogP contribution in [0.5, 0.6) is 11.6 Å². The van der Waals surface area contributed by atoms with E-state index in [0.29, 0.717) is 22.2 Å². The van der Waals surface area contributed by atoms with Gasteiger partial charge >= 0.3 is 0 Å². The summed E-state index contributed by atoms with van der Waals surface area (Å²) in [6.45, 7) is 0. The monoisotopic (exact) mass is 332 g/mol. The van der Waals surface area contributed by atoms with Gasteiger partial charge in [0.25, 0.3) is 5.91 Å². The van der Waals surface area contributed by atoms with E-state index in [1.165, 1.54) is 16.8 Å². The van der Waals surface area contributed by atoms with Crippen LogP contribution in [-0.2, 0) is 0 Å². The van der Waals surface area contributed by atoms with E-state index in [9.17, 15) is 4.79 Å². The molecule has 2 heterocycles. The van der Waals surface area contributed by atoms with E-state index in [2.05, 4.69) is 20.5 Å². The number of ether oxygens (including phenoxy) is 1. The van der Waals surface area contributed by atoms with Gasteiger partial charge in [-0.3, -0.25) is 4.79 Å². The standard InChI is InChI=1S/C14H9ClN4O2S/c15-13-12(22-8-16-13)14(20)18-9-3-1-4-10(7-9)21-11-5-2-6-17-19-11/h1-8H,(H,18,20). The molecule has 3 rings (SSSR count). The van der Waals surface area contributed by atoms with Crippen LogP contribution in [0.1, 0.15) is 9.67 Å². The summed E-state index contributed by atoms with van der Waals surface area (Å²) >= 11 is 7.02. The molecule has 1 aromatic carbocycles. The van der Waals surface area contributed by atoms with Crippen molar-refractivity contribution in [1.29, 1.82) is 0 Å². The van der Waals surface area contributed by atoms with Gasteiger partial charge in [-0.05, 0) is 18.2 Å². The molecular weight excluding hydrogens is 324 g/mol. The lowest BCUT2D eigenvalue weighted by Gasteiger charge is -2.07. The van der Waals surface area contributed by atoms with Crippen molar-refractivity contribution >= 4 is 34.5 Å². The summed E-state index contributed by atoms with van der Waals surface area (Å²) in [5.41, 5.74) is 2.10. The minimum absolute atomic E-state index is 0.189. The van der Waals surface area contributed by atoms with Crippen LogP contribution < -0.4 is 10.1 Å². The SMILES string of the molecule is O=C(Nc1cccc(Oc2cccnn2)c1)c1scnc1Cl. The van der Waals surface area contributed by atoms with Crippen molar-refractivity contribution in [3.05, 3.63) is 58.1 Å². The normalized spacial score (nSPS) is 10.2. The van der Waals surface area contributed by atoms with E-state index in [0.717, 1.165) is 0 Å². The molecule has 0 aliphatic rings. The van der Waals surface area contributed by atoms with Crippen molar-refractivity contribution in [1.82, 2.24) is 15.2 Å². The van der Waals surface area contributed by atoms with Gasteiger partial charge in [0.15, 0.2) is 5.15 Å². The maximum absolute atomic E-state index is 12.1. The van der Waals surface area contributed by atoms with Crippen LogP contribution in [0.2, 0.25) is 5.15 Å². The number of hydrogen-bond acceptors (Lipinski definition) is 6. The van der Waals surface area contributed by atoms with E-state index in [1.54, 1.807) is 42.6 Å². The van der Waals surface area contributed by atoms with Gasteiger partial charge in [-0.1, -0.05) is 17.7 Å².